The standard InChI is InChI=1S/C28H27N3O4/c1-17-8-11-19(12-9-17)27-24-25(20-6-4-5-7-21(20)32)29-30-26(24)28(33)31(27)15-14-18-10-13-22(34-2)23(16-18)35-3/h4-13,16,27,32H,14-15H2,1-3H3,(H,29,30)/t27-/m1/s1. The van der Waals surface area contributed by atoms with E-state index in [1.807, 2.05) is 66.4 Å². The zero-order chi connectivity index (χ0) is 24.5. The molecule has 4 aromatic rings. The van der Waals surface area contributed by atoms with Gasteiger partial charge in [-0.05, 0) is 48.7 Å². The van der Waals surface area contributed by atoms with Gasteiger partial charge in [0, 0.05) is 17.7 Å². The molecular formula is C28H27N3O4. The molecule has 0 saturated heterocycles. The molecule has 0 radical (unpaired) electrons. The summed E-state index contributed by atoms with van der Waals surface area (Å²) < 4.78 is 10.8. The van der Waals surface area contributed by atoms with Crippen molar-refractivity contribution in [2.45, 2.75) is 19.4 Å². The number of aryl methyl sites for hydroxylation is 1. The summed E-state index contributed by atoms with van der Waals surface area (Å²) in [7, 11) is 3.22. The lowest BCUT2D eigenvalue weighted by molar-refractivity contribution is 0.0746. The van der Waals surface area contributed by atoms with Gasteiger partial charge in [-0.15, -0.1) is 0 Å². The Morgan fingerprint density at radius 3 is 2.46 bits per heavy atom. The molecule has 0 bridgehead atoms. The van der Waals surface area contributed by atoms with Crippen molar-refractivity contribution < 1.29 is 19.4 Å². The molecule has 3 aromatic carbocycles. The van der Waals surface area contributed by atoms with Crippen molar-refractivity contribution in [3.8, 4) is 28.5 Å². The molecule has 1 aliphatic heterocycles. The van der Waals surface area contributed by atoms with E-state index in [0.717, 1.165) is 22.3 Å². The van der Waals surface area contributed by atoms with Gasteiger partial charge in [0.25, 0.3) is 5.91 Å². The highest BCUT2D eigenvalue weighted by atomic mass is 16.5. The van der Waals surface area contributed by atoms with Crippen molar-refractivity contribution in [2.24, 2.45) is 0 Å². The molecular weight excluding hydrogens is 442 g/mol. The van der Waals surface area contributed by atoms with Crippen molar-refractivity contribution in [1.82, 2.24) is 15.1 Å². The van der Waals surface area contributed by atoms with Crippen molar-refractivity contribution in [3.05, 3.63) is 94.7 Å². The third-order valence-electron chi connectivity index (χ3n) is 6.51. The molecule has 7 nitrogen and oxygen atoms in total. The Kier molecular flexibility index (Phi) is 5.91. The zero-order valence-electron chi connectivity index (χ0n) is 19.9. The molecule has 0 spiro atoms. The molecule has 35 heavy (non-hydrogen) atoms. The number of carbonyl (C=O) groups excluding carboxylic acids is 1. The minimum atomic E-state index is -0.327. The molecule has 1 atom stereocenters. The van der Waals surface area contributed by atoms with E-state index in [4.69, 9.17) is 9.47 Å². The molecule has 5 rings (SSSR count). The number of rotatable bonds is 7. The topological polar surface area (TPSA) is 87.7 Å². The van der Waals surface area contributed by atoms with Crippen molar-refractivity contribution >= 4 is 5.91 Å². The molecule has 2 heterocycles. The number of aromatic nitrogens is 2. The second-order valence-electron chi connectivity index (χ2n) is 8.63. The summed E-state index contributed by atoms with van der Waals surface area (Å²) in [6.07, 6.45) is 0.637. The maximum absolute atomic E-state index is 13.6. The van der Waals surface area contributed by atoms with E-state index in [1.165, 1.54) is 0 Å². The number of ether oxygens (including phenoxy) is 2. The molecule has 178 valence electrons. The van der Waals surface area contributed by atoms with Gasteiger partial charge < -0.3 is 19.5 Å². The summed E-state index contributed by atoms with van der Waals surface area (Å²) in [5.41, 5.74) is 5.60. The normalized spacial score (nSPS) is 14.8. The van der Waals surface area contributed by atoms with Crippen LogP contribution in [0.2, 0.25) is 0 Å². The largest absolute Gasteiger partial charge is 0.507 e. The van der Waals surface area contributed by atoms with Gasteiger partial charge >= 0.3 is 0 Å². The number of benzene rings is 3. The summed E-state index contributed by atoms with van der Waals surface area (Å²) in [6.45, 7) is 2.53. The number of aromatic hydroxyl groups is 1. The number of nitrogens with one attached hydrogen (secondary N) is 1. The van der Waals surface area contributed by atoms with E-state index in [0.29, 0.717) is 41.4 Å². The number of carbonyl (C=O) groups is 1. The van der Waals surface area contributed by atoms with Crippen molar-refractivity contribution in [1.29, 1.82) is 0 Å². The monoisotopic (exact) mass is 469 g/mol. The Balaban J connectivity index is 1.54. The third kappa shape index (κ3) is 3.99. The highest BCUT2D eigenvalue weighted by Crippen LogP contribution is 2.44. The Bertz CT molecular complexity index is 1380. The number of aromatic amines is 1. The predicted octanol–water partition coefficient (Wildman–Crippen LogP) is 4.90. The molecule has 2 N–H and O–H groups in total. The van der Waals surface area contributed by atoms with Crippen LogP contribution in [0.25, 0.3) is 11.3 Å². The first kappa shape index (κ1) is 22.5. The number of methoxy groups -OCH3 is 2. The Labute approximate surface area is 203 Å². The van der Waals surface area contributed by atoms with Crippen LogP contribution in [-0.4, -0.2) is 46.9 Å². The molecule has 1 amide bonds. The Hall–Kier alpha value is -4.26. The summed E-state index contributed by atoms with van der Waals surface area (Å²) in [5.74, 6) is 1.34. The summed E-state index contributed by atoms with van der Waals surface area (Å²) in [6, 6.07) is 20.7. The Morgan fingerprint density at radius 2 is 1.74 bits per heavy atom. The van der Waals surface area contributed by atoms with E-state index < -0.39 is 0 Å². The highest BCUT2D eigenvalue weighted by Gasteiger charge is 2.42. The first-order chi connectivity index (χ1) is 17.0. The fraction of sp³-hybridized carbons (Fsp3) is 0.214. The molecule has 1 aliphatic rings. The van der Waals surface area contributed by atoms with E-state index in [9.17, 15) is 9.90 Å². The Morgan fingerprint density at radius 1 is 1.00 bits per heavy atom. The number of amides is 1. The van der Waals surface area contributed by atoms with E-state index in [-0.39, 0.29) is 17.7 Å². The van der Waals surface area contributed by atoms with Crippen LogP contribution < -0.4 is 9.47 Å². The molecule has 1 aromatic heterocycles. The van der Waals surface area contributed by atoms with Gasteiger partial charge in [0.2, 0.25) is 0 Å². The van der Waals surface area contributed by atoms with Gasteiger partial charge in [0.05, 0.1) is 20.3 Å². The quantitative estimate of drug-likeness (QED) is 0.402. The predicted molar refractivity (Wildman–Crippen MR) is 133 cm³/mol. The number of para-hydroxylation sites is 1. The smallest absolute Gasteiger partial charge is 0.273 e. The van der Waals surface area contributed by atoms with Crippen molar-refractivity contribution in [2.75, 3.05) is 20.8 Å². The fourth-order valence-corrected chi connectivity index (χ4v) is 4.69. The zero-order valence-corrected chi connectivity index (χ0v) is 19.9. The first-order valence-corrected chi connectivity index (χ1v) is 11.5. The highest BCUT2D eigenvalue weighted by molar-refractivity contribution is 6.00. The second kappa shape index (κ2) is 9.18. The molecule has 7 heteroatoms. The number of fused-ring (bicyclic) bond motifs is 1. The molecule has 0 unspecified atom stereocenters. The van der Waals surface area contributed by atoms with Gasteiger partial charge in [0.1, 0.15) is 17.1 Å². The van der Waals surface area contributed by atoms with Crippen LogP contribution in [0, 0.1) is 6.92 Å². The van der Waals surface area contributed by atoms with E-state index in [1.54, 1.807) is 26.4 Å². The van der Waals surface area contributed by atoms with Crippen LogP contribution in [-0.2, 0) is 6.42 Å². The van der Waals surface area contributed by atoms with E-state index in [2.05, 4.69) is 10.2 Å². The SMILES string of the molecule is COc1ccc(CCN2C(=O)c3[nH]nc(-c4ccccc4O)c3[C@H]2c2ccc(C)cc2)cc1OC. The minimum absolute atomic E-state index is 0.111. The number of phenols is 1. The first-order valence-electron chi connectivity index (χ1n) is 11.5. The maximum Gasteiger partial charge on any atom is 0.273 e. The average Bonchev–Trinajstić information content (AvgIpc) is 3.42. The summed E-state index contributed by atoms with van der Waals surface area (Å²) in [5, 5.41) is 17.9. The number of H-pyrrole nitrogens is 1. The van der Waals surface area contributed by atoms with Gasteiger partial charge in [-0.3, -0.25) is 9.89 Å². The van der Waals surface area contributed by atoms with Gasteiger partial charge in [-0.1, -0.05) is 48.0 Å². The minimum Gasteiger partial charge on any atom is -0.507 e. The van der Waals surface area contributed by atoms with Crippen LogP contribution >= 0.6 is 0 Å². The van der Waals surface area contributed by atoms with Crippen LogP contribution in [0.15, 0.2) is 66.7 Å². The van der Waals surface area contributed by atoms with Crippen LogP contribution in [0.1, 0.15) is 38.8 Å². The number of hydrogen-bond donors (Lipinski definition) is 2. The van der Waals surface area contributed by atoms with Crippen LogP contribution in [0.3, 0.4) is 0 Å². The summed E-state index contributed by atoms with van der Waals surface area (Å²) in [4.78, 5) is 15.4. The fourth-order valence-electron chi connectivity index (χ4n) is 4.69. The lowest BCUT2D eigenvalue weighted by atomic mass is 9.95. The van der Waals surface area contributed by atoms with Gasteiger partial charge in [-0.25, -0.2) is 0 Å². The number of phenolic OH excluding ortho intramolecular Hbond substituents is 1. The maximum atomic E-state index is 13.6. The summed E-state index contributed by atoms with van der Waals surface area (Å²) >= 11 is 0. The van der Waals surface area contributed by atoms with E-state index >= 15 is 0 Å². The lowest BCUT2D eigenvalue weighted by Gasteiger charge is -2.27. The third-order valence-corrected chi connectivity index (χ3v) is 6.51. The number of hydrogen-bond acceptors (Lipinski definition) is 5. The van der Waals surface area contributed by atoms with Gasteiger partial charge in [0.15, 0.2) is 11.5 Å². The van der Waals surface area contributed by atoms with Crippen molar-refractivity contribution in [3.63, 3.8) is 0 Å². The molecule has 0 fully saturated rings. The number of nitrogens with zero attached hydrogens (tertiary/aromatic N) is 2. The van der Waals surface area contributed by atoms with Crippen LogP contribution in [0.4, 0.5) is 0 Å². The molecule has 0 aliphatic carbocycles. The van der Waals surface area contributed by atoms with Crippen LogP contribution in [0.5, 0.6) is 17.2 Å². The second-order valence-corrected chi connectivity index (χ2v) is 8.63. The molecule has 0 saturated carbocycles. The average molecular weight is 470 g/mol. The van der Waals surface area contributed by atoms with Gasteiger partial charge in [-0.2, -0.15) is 5.10 Å². The lowest BCUT2D eigenvalue weighted by Crippen LogP contribution is -2.31.